The van der Waals surface area contributed by atoms with Crippen LogP contribution in [0.1, 0.15) is 18.4 Å². The lowest BCUT2D eigenvalue weighted by Crippen LogP contribution is -2.40. The van der Waals surface area contributed by atoms with Crippen LogP contribution in [0, 0.1) is 5.82 Å². The molecular weight excluding hydrogens is 273 g/mol. The van der Waals surface area contributed by atoms with Gasteiger partial charge in [-0.05, 0) is 30.5 Å². The number of nitrogens with zero attached hydrogens (tertiary/aromatic N) is 1. The van der Waals surface area contributed by atoms with Crippen LogP contribution in [0.15, 0.2) is 24.3 Å². The van der Waals surface area contributed by atoms with Gasteiger partial charge < -0.3 is 5.11 Å². The van der Waals surface area contributed by atoms with Crippen molar-refractivity contribution in [2.45, 2.75) is 24.6 Å². The Kier molecular flexibility index (Phi) is 3.86. The predicted molar refractivity (Wildman–Crippen MR) is 66.4 cm³/mol. The van der Waals surface area contributed by atoms with Gasteiger partial charge in [-0.1, -0.05) is 12.1 Å². The van der Waals surface area contributed by atoms with E-state index < -0.39 is 27.9 Å². The van der Waals surface area contributed by atoms with Gasteiger partial charge in [0.1, 0.15) is 11.9 Å². The van der Waals surface area contributed by atoms with Crippen LogP contribution in [0.5, 0.6) is 0 Å². The van der Waals surface area contributed by atoms with E-state index in [1.807, 2.05) is 0 Å². The molecule has 104 valence electrons. The Balaban J connectivity index is 2.18. The number of carbonyl (C=O) groups is 1. The lowest BCUT2D eigenvalue weighted by molar-refractivity contribution is -0.140. The molecule has 0 bridgehead atoms. The number of halogens is 1. The average molecular weight is 287 g/mol. The molecule has 1 fully saturated rings. The molecule has 0 aromatic heterocycles. The van der Waals surface area contributed by atoms with Gasteiger partial charge >= 0.3 is 5.97 Å². The largest absolute Gasteiger partial charge is 0.480 e. The maximum Gasteiger partial charge on any atom is 0.322 e. The fourth-order valence-corrected chi connectivity index (χ4v) is 3.96. The zero-order valence-electron chi connectivity index (χ0n) is 10.1. The topological polar surface area (TPSA) is 74.7 Å². The summed E-state index contributed by atoms with van der Waals surface area (Å²) in [5.41, 5.74) is 0.442. The fraction of sp³-hybridized carbons (Fsp3) is 0.417. The third-order valence-electron chi connectivity index (χ3n) is 3.11. The minimum absolute atomic E-state index is 0.223. The van der Waals surface area contributed by atoms with Gasteiger partial charge in [0.05, 0.1) is 5.75 Å². The molecule has 0 radical (unpaired) electrons. The number of carboxylic acids is 1. The van der Waals surface area contributed by atoms with Gasteiger partial charge in [-0.3, -0.25) is 4.79 Å². The SMILES string of the molecule is O=C(O)C1CCCN1S(=O)(=O)Cc1ccc(F)cc1. The van der Waals surface area contributed by atoms with Crippen molar-refractivity contribution in [3.05, 3.63) is 35.6 Å². The Bertz CT molecular complexity index is 570. The van der Waals surface area contributed by atoms with Gasteiger partial charge in [-0.15, -0.1) is 0 Å². The van der Waals surface area contributed by atoms with E-state index in [0.717, 1.165) is 4.31 Å². The first-order valence-electron chi connectivity index (χ1n) is 5.87. The molecule has 1 aromatic carbocycles. The van der Waals surface area contributed by atoms with Crippen LogP contribution in [0.25, 0.3) is 0 Å². The maximum atomic E-state index is 12.8. The molecular formula is C12H14FNO4S. The van der Waals surface area contributed by atoms with Crippen molar-refractivity contribution in [3.63, 3.8) is 0 Å². The Morgan fingerprint density at radius 2 is 2.00 bits per heavy atom. The molecule has 1 aromatic rings. The third-order valence-corrected chi connectivity index (χ3v) is 4.96. The number of carboxylic acid groups (broad SMARTS) is 1. The molecule has 1 saturated heterocycles. The second-order valence-electron chi connectivity index (χ2n) is 4.49. The highest BCUT2D eigenvalue weighted by molar-refractivity contribution is 7.88. The standard InChI is InChI=1S/C12H14FNO4S/c13-10-5-3-9(4-6-10)8-19(17,18)14-7-1-2-11(14)12(15)16/h3-6,11H,1-2,7-8H2,(H,15,16). The van der Waals surface area contributed by atoms with E-state index in [9.17, 15) is 17.6 Å². The minimum Gasteiger partial charge on any atom is -0.480 e. The highest BCUT2D eigenvalue weighted by Gasteiger charge is 2.38. The number of rotatable bonds is 4. The number of hydrogen-bond donors (Lipinski definition) is 1. The quantitative estimate of drug-likeness (QED) is 0.903. The van der Waals surface area contributed by atoms with E-state index in [-0.39, 0.29) is 12.3 Å². The van der Waals surface area contributed by atoms with Gasteiger partial charge in [0, 0.05) is 6.54 Å². The van der Waals surface area contributed by atoms with Gasteiger partial charge in [-0.2, -0.15) is 4.31 Å². The number of aliphatic carboxylic acids is 1. The molecule has 7 heteroatoms. The van der Waals surface area contributed by atoms with Crippen molar-refractivity contribution in [1.82, 2.24) is 4.31 Å². The molecule has 2 rings (SSSR count). The van der Waals surface area contributed by atoms with Gasteiger partial charge in [0.2, 0.25) is 10.0 Å². The zero-order chi connectivity index (χ0) is 14.0. The molecule has 1 N–H and O–H groups in total. The first-order valence-corrected chi connectivity index (χ1v) is 7.48. The molecule has 1 heterocycles. The molecule has 1 aliphatic heterocycles. The highest BCUT2D eigenvalue weighted by Crippen LogP contribution is 2.23. The fourth-order valence-electron chi connectivity index (χ4n) is 2.19. The summed E-state index contributed by atoms with van der Waals surface area (Å²) < 4.78 is 38.1. The number of sulfonamides is 1. The minimum atomic E-state index is -3.69. The Morgan fingerprint density at radius 1 is 1.37 bits per heavy atom. The van der Waals surface area contributed by atoms with Crippen LogP contribution >= 0.6 is 0 Å². The van der Waals surface area contributed by atoms with Crippen LogP contribution in [0.3, 0.4) is 0 Å². The molecule has 1 unspecified atom stereocenters. The Morgan fingerprint density at radius 3 is 2.58 bits per heavy atom. The molecule has 0 saturated carbocycles. The predicted octanol–water partition coefficient (Wildman–Crippen LogP) is 1.20. The van der Waals surface area contributed by atoms with E-state index >= 15 is 0 Å². The smallest absolute Gasteiger partial charge is 0.322 e. The van der Waals surface area contributed by atoms with Gasteiger partial charge in [0.25, 0.3) is 0 Å². The summed E-state index contributed by atoms with van der Waals surface area (Å²) in [6, 6.07) is 4.16. The Hall–Kier alpha value is -1.47. The first kappa shape index (κ1) is 14.0. The summed E-state index contributed by atoms with van der Waals surface area (Å²) in [6.45, 7) is 0.223. The van der Waals surface area contributed by atoms with Crippen molar-refractivity contribution in [3.8, 4) is 0 Å². The van der Waals surface area contributed by atoms with E-state index in [2.05, 4.69) is 0 Å². The van der Waals surface area contributed by atoms with Crippen LogP contribution in [0.2, 0.25) is 0 Å². The summed E-state index contributed by atoms with van der Waals surface area (Å²) in [7, 11) is -3.69. The van der Waals surface area contributed by atoms with E-state index in [1.165, 1.54) is 24.3 Å². The molecule has 1 aliphatic rings. The molecule has 1 atom stereocenters. The van der Waals surface area contributed by atoms with Crippen molar-refractivity contribution in [2.24, 2.45) is 0 Å². The zero-order valence-corrected chi connectivity index (χ0v) is 10.9. The van der Waals surface area contributed by atoms with E-state index in [0.29, 0.717) is 18.4 Å². The van der Waals surface area contributed by atoms with Crippen molar-refractivity contribution in [1.29, 1.82) is 0 Å². The number of hydrogen-bond acceptors (Lipinski definition) is 3. The van der Waals surface area contributed by atoms with E-state index in [4.69, 9.17) is 5.11 Å². The monoisotopic (exact) mass is 287 g/mol. The van der Waals surface area contributed by atoms with Gasteiger partial charge in [-0.25, -0.2) is 12.8 Å². The summed E-state index contributed by atoms with van der Waals surface area (Å²) in [6.07, 6.45) is 0.873. The van der Waals surface area contributed by atoms with Gasteiger partial charge in [0.15, 0.2) is 0 Å². The normalized spacial score (nSPS) is 20.6. The molecule has 0 amide bonds. The summed E-state index contributed by atoms with van der Waals surface area (Å²) >= 11 is 0. The van der Waals surface area contributed by atoms with E-state index in [1.54, 1.807) is 0 Å². The number of benzene rings is 1. The maximum absolute atomic E-state index is 12.8. The van der Waals surface area contributed by atoms with Crippen LogP contribution in [-0.2, 0) is 20.6 Å². The first-order chi connectivity index (χ1) is 8.90. The van der Waals surface area contributed by atoms with Crippen molar-refractivity contribution < 1.29 is 22.7 Å². The summed E-state index contributed by atoms with van der Waals surface area (Å²) in [5.74, 6) is -1.87. The second-order valence-corrected chi connectivity index (χ2v) is 6.41. The van der Waals surface area contributed by atoms with Crippen molar-refractivity contribution >= 4 is 16.0 Å². The highest BCUT2D eigenvalue weighted by atomic mass is 32.2. The summed E-state index contributed by atoms with van der Waals surface area (Å²) in [4.78, 5) is 11.0. The van der Waals surface area contributed by atoms with Crippen LogP contribution in [-0.4, -0.2) is 36.4 Å². The average Bonchev–Trinajstić information content (AvgIpc) is 2.82. The third kappa shape index (κ3) is 3.10. The molecule has 0 spiro atoms. The Labute approximate surface area is 110 Å². The van der Waals surface area contributed by atoms with Crippen LogP contribution in [0.4, 0.5) is 4.39 Å². The summed E-state index contributed by atoms with van der Waals surface area (Å²) in [5, 5.41) is 8.99. The van der Waals surface area contributed by atoms with Crippen LogP contribution < -0.4 is 0 Å². The second kappa shape index (κ2) is 5.26. The lowest BCUT2D eigenvalue weighted by Gasteiger charge is -2.20. The molecule has 19 heavy (non-hydrogen) atoms. The van der Waals surface area contributed by atoms with Crippen molar-refractivity contribution in [2.75, 3.05) is 6.54 Å². The molecule has 5 nitrogen and oxygen atoms in total. The lowest BCUT2D eigenvalue weighted by atomic mass is 10.2. The molecule has 0 aliphatic carbocycles.